The van der Waals surface area contributed by atoms with Crippen LogP contribution in [0.5, 0.6) is 0 Å². The summed E-state index contributed by atoms with van der Waals surface area (Å²) in [5, 5.41) is 8.64. The van der Waals surface area contributed by atoms with Crippen LogP contribution in [0.15, 0.2) is 18.7 Å². The summed E-state index contributed by atoms with van der Waals surface area (Å²) in [5.41, 5.74) is 0. The molecule has 0 unspecified atom stereocenters. The Morgan fingerprint density at radius 2 is 2.11 bits per heavy atom. The van der Waals surface area contributed by atoms with Crippen LogP contribution in [0.4, 0.5) is 0 Å². The molecule has 0 atom stereocenters. The quantitative estimate of drug-likeness (QED) is 0.729. The number of carboxylic acid groups (broad SMARTS) is 1. The fourth-order valence-corrected chi connectivity index (χ4v) is 1.94. The fraction of sp³-hybridized carbons (Fsp3) is 0.692. The molecule has 5 nitrogen and oxygen atoms in total. The minimum Gasteiger partial charge on any atom is -0.481 e. The average molecular weight is 253 g/mol. The van der Waals surface area contributed by atoms with Gasteiger partial charge in [0.25, 0.3) is 0 Å². The van der Waals surface area contributed by atoms with Crippen molar-refractivity contribution in [2.45, 2.75) is 45.7 Å². The third-order valence-corrected chi connectivity index (χ3v) is 2.99. The van der Waals surface area contributed by atoms with E-state index in [1.54, 1.807) is 6.20 Å². The molecule has 0 spiro atoms. The Hall–Kier alpha value is -1.36. The Kier molecular flexibility index (Phi) is 6.43. The second-order valence-corrected chi connectivity index (χ2v) is 4.78. The van der Waals surface area contributed by atoms with Crippen molar-refractivity contribution in [1.29, 1.82) is 0 Å². The molecular formula is C13H23N3O2. The van der Waals surface area contributed by atoms with E-state index in [1.807, 2.05) is 12.5 Å². The van der Waals surface area contributed by atoms with E-state index in [0.29, 0.717) is 6.04 Å². The first-order valence-electron chi connectivity index (χ1n) is 6.51. The van der Waals surface area contributed by atoms with E-state index in [1.165, 1.54) is 0 Å². The molecule has 0 saturated heterocycles. The summed E-state index contributed by atoms with van der Waals surface area (Å²) in [5.74, 6) is -0.711. The van der Waals surface area contributed by atoms with Crippen LogP contribution in [0.3, 0.4) is 0 Å². The molecule has 18 heavy (non-hydrogen) atoms. The normalized spacial score (nSPS) is 11.3. The lowest BCUT2D eigenvalue weighted by atomic mass is 10.2. The Labute approximate surface area is 108 Å². The molecule has 1 rings (SSSR count). The van der Waals surface area contributed by atoms with Crippen molar-refractivity contribution in [2.24, 2.45) is 0 Å². The molecule has 1 heterocycles. The van der Waals surface area contributed by atoms with Gasteiger partial charge in [0.05, 0.1) is 6.33 Å². The number of carboxylic acids is 1. The number of hydrogen-bond donors (Lipinski definition) is 1. The smallest absolute Gasteiger partial charge is 0.303 e. The second-order valence-electron chi connectivity index (χ2n) is 4.78. The molecule has 0 fully saturated rings. The maximum absolute atomic E-state index is 10.5. The van der Waals surface area contributed by atoms with Crippen LogP contribution < -0.4 is 0 Å². The van der Waals surface area contributed by atoms with Gasteiger partial charge in [-0.1, -0.05) is 0 Å². The predicted molar refractivity (Wildman–Crippen MR) is 70.4 cm³/mol. The molecule has 1 aromatic rings. The molecule has 0 radical (unpaired) electrons. The molecule has 0 aromatic carbocycles. The highest BCUT2D eigenvalue weighted by molar-refractivity contribution is 5.66. The summed E-state index contributed by atoms with van der Waals surface area (Å²) in [4.78, 5) is 16.8. The molecule has 0 bridgehead atoms. The van der Waals surface area contributed by atoms with Gasteiger partial charge >= 0.3 is 5.97 Å². The van der Waals surface area contributed by atoms with E-state index in [4.69, 9.17) is 5.11 Å². The van der Waals surface area contributed by atoms with Gasteiger partial charge in [0.1, 0.15) is 0 Å². The molecule has 1 aromatic heterocycles. The molecular weight excluding hydrogens is 230 g/mol. The third kappa shape index (κ3) is 5.82. The van der Waals surface area contributed by atoms with Gasteiger partial charge in [-0.3, -0.25) is 4.79 Å². The first-order valence-corrected chi connectivity index (χ1v) is 6.51. The highest BCUT2D eigenvalue weighted by Crippen LogP contribution is 2.04. The summed E-state index contributed by atoms with van der Waals surface area (Å²) < 4.78 is 2.07. The zero-order valence-corrected chi connectivity index (χ0v) is 11.2. The predicted octanol–water partition coefficient (Wildman–Crippen LogP) is 1.85. The molecule has 102 valence electrons. The van der Waals surface area contributed by atoms with E-state index in [-0.39, 0.29) is 6.42 Å². The lowest BCUT2D eigenvalue weighted by molar-refractivity contribution is -0.137. The van der Waals surface area contributed by atoms with Gasteiger partial charge in [-0.25, -0.2) is 4.98 Å². The summed E-state index contributed by atoms with van der Waals surface area (Å²) >= 11 is 0. The van der Waals surface area contributed by atoms with Crippen LogP contribution in [-0.2, 0) is 11.3 Å². The van der Waals surface area contributed by atoms with Gasteiger partial charge in [0.2, 0.25) is 0 Å². The highest BCUT2D eigenvalue weighted by atomic mass is 16.4. The van der Waals surface area contributed by atoms with E-state index >= 15 is 0 Å². The lowest BCUT2D eigenvalue weighted by Crippen LogP contribution is -2.33. The maximum Gasteiger partial charge on any atom is 0.303 e. The van der Waals surface area contributed by atoms with Gasteiger partial charge in [-0.05, 0) is 33.2 Å². The van der Waals surface area contributed by atoms with E-state index in [9.17, 15) is 4.79 Å². The number of rotatable bonds is 9. The minimum absolute atomic E-state index is 0.255. The Morgan fingerprint density at radius 3 is 2.67 bits per heavy atom. The second kappa shape index (κ2) is 7.87. The van der Waals surface area contributed by atoms with Crippen LogP contribution >= 0.6 is 0 Å². The summed E-state index contributed by atoms with van der Waals surface area (Å²) in [7, 11) is 0. The Morgan fingerprint density at radius 1 is 1.39 bits per heavy atom. The van der Waals surface area contributed by atoms with Crippen LogP contribution in [0.2, 0.25) is 0 Å². The minimum atomic E-state index is -0.711. The van der Waals surface area contributed by atoms with Crippen LogP contribution in [0.25, 0.3) is 0 Å². The third-order valence-electron chi connectivity index (χ3n) is 2.99. The molecule has 0 aliphatic heterocycles. The topological polar surface area (TPSA) is 58.4 Å². The number of aliphatic carboxylic acids is 1. The van der Waals surface area contributed by atoms with Crippen LogP contribution in [0, 0.1) is 0 Å². The zero-order chi connectivity index (χ0) is 13.4. The largest absolute Gasteiger partial charge is 0.481 e. The number of aromatic nitrogens is 2. The van der Waals surface area contributed by atoms with E-state index < -0.39 is 5.97 Å². The number of nitrogens with zero attached hydrogens (tertiary/aromatic N) is 3. The van der Waals surface area contributed by atoms with Crippen molar-refractivity contribution >= 4 is 5.97 Å². The van der Waals surface area contributed by atoms with Crippen molar-refractivity contribution in [3.8, 4) is 0 Å². The number of hydrogen-bond acceptors (Lipinski definition) is 3. The van der Waals surface area contributed by atoms with Crippen molar-refractivity contribution in [3.05, 3.63) is 18.7 Å². The Bertz CT molecular complexity index is 336. The van der Waals surface area contributed by atoms with Gasteiger partial charge in [-0.15, -0.1) is 0 Å². The summed E-state index contributed by atoms with van der Waals surface area (Å²) in [6.45, 7) is 7.11. The van der Waals surface area contributed by atoms with Crippen molar-refractivity contribution in [2.75, 3.05) is 13.1 Å². The SMILES string of the molecule is CC(C)N(CCCC(=O)O)CCCn1ccnc1. The molecule has 1 N–H and O–H groups in total. The fourth-order valence-electron chi connectivity index (χ4n) is 1.94. The van der Waals surface area contributed by atoms with Crippen LogP contribution in [0.1, 0.15) is 33.1 Å². The van der Waals surface area contributed by atoms with Gasteiger partial charge in [0, 0.05) is 37.9 Å². The van der Waals surface area contributed by atoms with E-state index in [2.05, 4.69) is 28.3 Å². The first-order chi connectivity index (χ1) is 8.59. The van der Waals surface area contributed by atoms with E-state index in [0.717, 1.165) is 32.5 Å². The van der Waals surface area contributed by atoms with Crippen molar-refractivity contribution in [3.63, 3.8) is 0 Å². The van der Waals surface area contributed by atoms with Crippen molar-refractivity contribution < 1.29 is 9.90 Å². The van der Waals surface area contributed by atoms with Crippen LogP contribution in [-0.4, -0.2) is 44.7 Å². The molecule has 0 amide bonds. The van der Waals surface area contributed by atoms with Gasteiger partial charge in [-0.2, -0.15) is 0 Å². The number of aryl methyl sites for hydroxylation is 1. The highest BCUT2D eigenvalue weighted by Gasteiger charge is 2.09. The molecule has 0 saturated carbocycles. The molecule has 0 aliphatic carbocycles. The molecule has 5 heteroatoms. The van der Waals surface area contributed by atoms with Gasteiger partial charge in [0.15, 0.2) is 0 Å². The average Bonchev–Trinajstić information content (AvgIpc) is 2.79. The lowest BCUT2D eigenvalue weighted by Gasteiger charge is -2.26. The zero-order valence-electron chi connectivity index (χ0n) is 11.2. The molecule has 0 aliphatic rings. The number of carbonyl (C=O) groups is 1. The monoisotopic (exact) mass is 253 g/mol. The standard InChI is InChI=1S/C13H23N3O2/c1-12(2)16(8-3-5-13(17)18)9-4-7-15-10-6-14-11-15/h6,10-12H,3-5,7-9H2,1-2H3,(H,17,18). The first kappa shape index (κ1) is 14.7. The summed E-state index contributed by atoms with van der Waals surface area (Å²) in [6, 6.07) is 0.460. The Balaban J connectivity index is 2.22. The van der Waals surface area contributed by atoms with Gasteiger partial charge < -0.3 is 14.6 Å². The number of imidazole rings is 1. The summed E-state index contributed by atoms with van der Waals surface area (Å²) in [6.07, 6.45) is 7.60. The van der Waals surface area contributed by atoms with Crippen molar-refractivity contribution in [1.82, 2.24) is 14.5 Å². The maximum atomic E-state index is 10.5.